The van der Waals surface area contributed by atoms with Crippen molar-refractivity contribution in [3.8, 4) is 17.2 Å². The predicted octanol–water partition coefficient (Wildman–Crippen LogP) is 0.192. The molecule has 0 saturated heterocycles. The Morgan fingerprint density at radius 2 is 2.07 bits per heavy atom. The van der Waals surface area contributed by atoms with Crippen LogP contribution in [0.15, 0.2) is 18.2 Å². The van der Waals surface area contributed by atoms with Gasteiger partial charge in [-0.15, -0.1) is 0 Å². The minimum absolute atomic E-state index is 0.155. The van der Waals surface area contributed by atoms with Crippen LogP contribution in [-0.4, -0.2) is 24.4 Å². The molecule has 0 atom stereocenters. The first-order chi connectivity index (χ1) is 7.29. The van der Waals surface area contributed by atoms with Crippen LogP contribution in [-0.2, 0) is 9.61 Å². The van der Waals surface area contributed by atoms with Crippen LogP contribution >= 0.6 is 0 Å². The van der Waals surface area contributed by atoms with Crippen LogP contribution in [0.3, 0.4) is 0 Å². The van der Waals surface area contributed by atoms with Crippen molar-refractivity contribution in [2.45, 2.75) is 0 Å². The highest BCUT2D eigenvalue weighted by Crippen LogP contribution is 2.35. The molecule has 0 fully saturated rings. The van der Waals surface area contributed by atoms with E-state index in [0.29, 0.717) is 11.5 Å². The molecule has 0 aliphatic carbocycles. The molecule has 7 nitrogen and oxygen atoms in total. The fourth-order valence-corrected chi connectivity index (χ4v) is 1.04. The Kier molecular flexibility index (Phi) is 2.93. The van der Waals surface area contributed by atoms with Crippen LogP contribution in [0.25, 0.3) is 0 Å². The minimum Gasteiger partial charge on any atom is -0.454 e. The topological polar surface area (TPSA) is 86.6 Å². The third kappa shape index (κ3) is 2.31. The zero-order valence-corrected chi connectivity index (χ0v) is 7.45. The van der Waals surface area contributed by atoms with Crippen LogP contribution in [0, 0.1) is 0 Å². The molecule has 0 saturated carbocycles. The number of hydrogen-bond acceptors (Lipinski definition) is 7. The van der Waals surface area contributed by atoms with Crippen LogP contribution < -0.4 is 14.4 Å². The molecule has 1 heterocycles. The quantitative estimate of drug-likeness (QED) is 0.420. The van der Waals surface area contributed by atoms with Gasteiger partial charge in [-0.25, -0.2) is 4.81 Å². The molecule has 0 bridgehead atoms. The van der Waals surface area contributed by atoms with Crippen molar-refractivity contribution < 1.29 is 34.3 Å². The van der Waals surface area contributed by atoms with Crippen molar-refractivity contribution in [3.63, 3.8) is 0 Å². The molecule has 0 unspecified atom stereocenters. The van der Waals surface area contributed by atoms with Gasteiger partial charge in [0.15, 0.2) is 17.2 Å². The fourth-order valence-electron chi connectivity index (χ4n) is 1.04. The molecule has 0 amide bonds. The number of benzene rings is 1. The van der Waals surface area contributed by atoms with Gasteiger partial charge < -0.3 is 19.4 Å². The molecule has 0 radical (unpaired) electrons. The van der Waals surface area contributed by atoms with E-state index < -0.39 is 7.32 Å². The van der Waals surface area contributed by atoms with Crippen LogP contribution in [0.1, 0.15) is 0 Å². The summed E-state index contributed by atoms with van der Waals surface area (Å²) in [5.74, 6) is 1.38. The summed E-state index contributed by atoms with van der Waals surface area (Å²) in [6.07, 6.45) is 0. The molecule has 1 aliphatic heterocycles. The average molecular weight is 214 g/mol. The van der Waals surface area contributed by atoms with E-state index in [0.717, 1.165) is 0 Å². The third-order valence-electron chi connectivity index (χ3n) is 1.66. The van der Waals surface area contributed by atoms with E-state index in [2.05, 4.69) is 14.5 Å². The molecule has 1 aromatic rings. The van der Waals surface area contributed by atoms with E-state index in [9.17, 15) is 0 Å². The molecule has 1 aromatic carbocycles. The Morgan fingerprint density at radius 1 is 1.27 bits per heavy atom. The molecular weight excluding hydrogens is 207 g/mol. The highest BCUT2D eigenvalue weighted by atomic mass is 17.3. The van der Waals surface area contributed by atoms with Crippen molar-refractivity contribution in [2.75, 3.05) is 6.79 Å². The van der Waals surface area contributed by atoms with E-state index in [1.807, 2.05) is 0 Å². The van der Waals surface area contributed by atoms with Crippen molar-refractivity contribution in [1.82, 2.24) is 0 Å². The molecule has 2 N–H and O–H groups in total. The van der Waals surface area contributed by atoms with E-state index in [-0.39, 0.29) is 12.5 Å². The summed E-state index contributed by atoms with van der Waals surface area (Å²) in [6, 6.07) is 4.66. The summed E-state index contributed by atoms with van der Waals surface area (Å²) in [5, 5.41) is 16.6. The highest BCUT2D eigenvalue weighted by Gasteiger charge is 2.19. The summed E-state index contributed by atoms with van der Waals surface area (Å²) >= 11 is 0. The lowest BCUT2D eigenvalue weighted by molar-refractivity contribution is -0.229. The van der Waals surface area contributed by atoms with Gasteiger partial charge in [0.1, 0.15) is 0 Å². The van der Waals surface area contributed by atoms with Crippen molar-refractivity contribution in [3.05, 3.63) is 18.2 Å². The maximum Gasteiger partial charge on any atom is 0.703 e. The smallest absolute Gasteiger partial charge is 0.454 e. The number of ether oxygens (including phenoxy) is 2. The normalized spacial score (nSPS) is 12.7. The standard InChI is InChI=1S/C7H7BO7/c9-8(14-10)15-13-5-1-2-6-7(3-5)12-4-11-6/h1-3,9-10H,4H2. The van der Waals surface area contributed by atoms with Gasteiger partial charge in [-0.1, -0.05) is 0 Å². The Balaban J connectivity index is 1.98. The summed E-state index contributed by atoms with van der Waals surface area (Å²) in [7, 11) is -1.87. The second kappa shape index (κ2) is 4.36. The van der Waals surface area contributed by atoms with E-state index >= 15 is 0 Å². The first-order valence-corrected chi connectivity index (χ1v) is 4.01. The monoisotopic (exact) mass is 214 g/mol. The van der Waals surface area contributed by atoms with Gasteiger partial charge in [0.25, 0.3) is 0 Å². The molecule has 1 aliphatic rings. The number of fused-ring (bicyclic) bond motifs is 1. The zero-order valence-electron chi connectivity index (χ0n) is 7.45. The molecule has 15 heavy (non-hydrogen) atoms. The number of hydrogen-bond donors (Lipinski definition) is 2. The average Bonchev–Trinajstić information content (AvgIpc) is 2.72. The van der Waals surface area contributed by atoms with Crippen LogP contribution in [0.4, 0.5) is 0 Å². The third-order valence-corrected chi connectivity index (χ3v) is 1.66. The van der Waals surface area contributed by atoms with Gasteiger partial charge >= 0.3 is 7.32 Å². The Bertz CT molecular complexity index is 344. The number of rotatable bonds is 4. The first-order valence-electron chi connectivity index (χ1n) is 4.01. The molecule has 8 heteroatoms. The molecule has 2 rings (SSSR count). The van der Waals surface area contributed by atoms with E-state index in [4.69, 9.17) is 19.8 Å². The Labute approximate surface area is 84.7 Å². The summed E-state index contributed by atoms with van der Waals surface area (Å²) in [4.78, 5) is 12.3. The van der Waals surface area contributed by atoms with Crippen molar-refractivity contribution in [2.24, 2.45) is 0 Å². The van der Waals surface area contributed by atoms with Gasteiger partial charge in [0.05, 0.1) is 0 Å². The molecule has 80 valence electrons. The summed E-state index contributed by atoms with van der Waals surface area (Å²) in [6.45, 7) is 0.155. The van der Waals surface area contributed by atoms with Crippen molar-refractivity contribution >= 4 is 7.32 Å². The summed E-state index contributed by atoms with van der Waals surface area (Å²) in [5.41, 5.74) is 0. The Morgan fingerprint density at radius 3 is 2.87 bits per heavy atom. The molecule has 0 spiro atoms. The van der Waals surface area contributed by atoms with Gasteiger partial charge in [-0.05, 0) is 12.1 Å². The fraction of sp³-hybridized carbons (Fsp3) is 0.143. The first kappa shape index (κ1) is 10.1. The lowest BCUT2D eigenvalue weighted by Crippen LogP contribution is -2.22. The maximum atomic E-state index is 8.64. The van der Waals surface area contributed by atoms with E-state index in [1.165, 1.54) is 12.1 Å². The lowest BCUT2D eigenvalue weighted by Gasteiger charge is -2.05. The lowest BCUT2D eigenvalue weighted by atomic mass is 10.3. The maximum absolute atomic E-state index is 8.64. The Hall–Kier alpha value is -1.48. The van der Waals surface area contributed by atoms with Gasteiger partial charge in [0, 0.05) is 6.07 Å². The van der Waals surface area contributed by atoms with E-state index in [1.54, 1.807) is 6.07 Å². The molecular formula is C7H7BO7. The second-order valence-electron chi connectivity index (χ2n) is 2.61. The van der Waals surface area contributed by atoms with Crippen LogP contribution in [0.2, 0.25) is 0 Å². The largest absolute Gasteiger partial charge is 0.703 e. The SMILES string of the molecule is OOB(O)OOc1ccc2c(c1)OCO2. The highest BCUT2D eigenvalue weighted by molar-refractivity contribution is 6.33. The second-order valence-corrected chi connectivity index (χ2v) is 2.61. The predicted molar refractivity (Wildman–Crippen MR) is 46.0 cm³/mol. The van der Waals surface area contributed by atoms with Crippen LogP contribution in [0.5, 0.6) is 17.2 Å². The van der Waals surface area contributed by atoms with Gasteiger partial charge in [-0.3, -0.25) is 5.26 Å². The minimum atomic E-state index is -1.87. The molecule has 0 aromatic heterocycles. The summed E-state index contributed by atoms with van der Waals surface area (Å²) < 4.78 is 10.1. The van der Waals surface area contributed by atoms with Gasteiger partial charge in [0.2, 0.25) is 6.79 Å². The van der Waals surface area contributed by atoms with Gasteiger partial charge in [-0.2, -0.15) is 4.81 Å². The zero-order chi connectivity index (χ0) is 10.7. The van der Waals surface area contributed by atoms with Crippen molar-refractivity contribution in [1.29, 1.82) is 0 Å².